The maximum atomic E-state index is 9.47. The monoisotopic (exact) mass is 214 g/mol. The predicted molar refractivity (Wildman–Crippen MR) is 63.6 cm³/mol. The number of aliphatic hydroxyl groups excluding tert-OH is 1. The quantitative estimate of drug-likeness (QED) is 0.806. The number of aromatic hydroxyl groups is 1. The Morgan fingerprint density at radius 3 is 2.62 bits per heavy atom. The van der Waals surface area contributed by atoms with Crippen LogP contribution in [-0.4, -0.2) is 16.8 Å². The third-order valence-electron chi connectivity index (χ3n) is 3.59. The van der Waals surface area contributed by atoms with E-state index in [1.165, 1.54) is 5.56 Å². The molecule has 0 amide bonds. The van der Waals surface area contributed by atoms with Crippen molar-refractivity contribution in [1.29, 1.82) is 0 Å². The van der Waals surface area contributed by atoms with E-state index in [0.29, 0.717) is 5.75 Å². The van der Waals surface area contributed by atoms with Gasteiger partial charge in [-0.05, 0) is 41.3 Å². The highest BCUT2D eigenvalue weighted by molar-refractivity contribution is 5.88. The van der Waals surface area contributed by atoms with Crippen molar-refractivity contribution in [2.75, 3.05) is 6.61 Å². The maximum absolute atomic E-state index is 9.47. The highest BCUT2D eigenvalue weighted by atomic mass is 16.3. The van der Waals surface area contributed by atoms with Gasteiger partial charge in [-0.25, -0.2) is 0 Å². The van der Waals surface area contributed by atoms with Gasteiger partial charge in [-0.15, -0.1) is 0 Å². The van der Waals surface area contributed by atoms with Gasteiger partial charge in [0.2, 0.25) is 0 Å². The molecule has 2 aromatic carbocycles. The van der Waals surface area contributed by atoms with E-state index in [4.69, 9.17) is 0 Å². The summed E-state index contributed by atoms with van der Waals surface area (Å²) in [6, 6.07) is 11.5. The number of rotatable bonds is 2. The number of benzene rings is 2. The van der Waals surface area contributed by atoms with Crippen molar-refractivity contribution in [2.24, 2.45) is 0 Å². The van der Waals surface area contributed by atoms with Crippen molar-refractivity contribution in [3.63, 3.8) is 0 Å². The molecular formula is C14H14O2. The third-order valence-corrected chi connectivity index (χ3v) is 3.59. The van der Waals surface area contributed by atoms with Gasteiger partial charge < -0.3 is 10.2 Å². The van der Waals surface area contributed by atoms with Gasteiger partial charge in [0.25, 0.3) is 0 Å². The second kappa shape index (κ2) is 3.22. The van der Waals surface area contributed by atoms with Crippen LogP contribution in [0.25, 0.3) is 10.8 Å². The van der Waals surface area contributed by atoms with Crippen LogP contribution in [0.2, 0.25) is 0 Å². The van der Waals surface area contributed by atoms with Gasteiger partial charge in [0.05, 0.1) is 6.61 Å². The summed E-state index contributed by atoms with van der Waals surface area (Å²) >= 11 is 0. The summed E-state index contributed by atoms with van der Waals surface area (Å²) in [5.74, 6) is 0.290. The lowest BCUT2D eigenvalue weighted by Crippen LogP contribution is -2.12. The van der Waals surface area contributed by atoms with Crippen molar-refractivity contribution in [3.05, 3.63) is 42.0 Å². The molecule has 0 heterocycles. The lowest BCUT2D eigenvalue weighted by Gasteiger charge is -2.15. The van der Waals surface area contributed by atoms with E-state index >= 15 is 0 Å². The van der Waals surface area contributed by atoms with E-state index in [0.717, 1.165) is 23.6 Å². The summed E-state index contributed by atoms with van der Waals surface area (Å²) in [5, 5.41) is 21.1. The Bertz CT molecular complexity index is 541. The zero-order valence-corrected chi connectivity index (χ0v) is 8.98. The van der Waals surface area contributed by atoms with Gasteiger partial charge in [-0.1, -0.05) is 24.3 Å². The molecule has 1 saturated carbocycles. The second-order valence-electron chi connectivity index (χ2n) is 4.65. The van der Waals surface area contributed by atoms with Crippen LogP contribution in [0.1, 0.15) is 18.4 Å². The molecule has 2 nitrogen and oxygen atoms in total. The van der Waals surface area contributed by atoms with Crippen LogP contribution >= 0.6 is 0 Å². The summed E-state index contributed by atoms with van der Waals surface area (Å²) < 4.78 is 0. The minimum Gasteiger partial charge on any atom is -0.508 e. The molecule has 0 atom stereocenters. The lowest BCUT2D eigenvalue weighted by molar-refractivity contribution is 0.256. The van der Waals surface area contributed by atoms with Crippen LogP contribution in [0, 0.1) is 0 Å². The summed E-state index contributed by atoms with van der Waals surface area (Å²) in [6.07, 6.45) is 2.12. The number of hydrogen-bond acceptors (Lipinski definition) is 2. The summed E-state index contributed by atoms with van der Waals surface area (Å²) in [6.45, 7) is 0.215. The maximum Gasteiger partial charge on any atom is 0.116 e. The Hall–Kier alpha value is -1.54. The van der Waals surface area contributed by atoms with E-state index < -0.39 is 0 Å². The molecule has 0 bridgehead atoms. The van der Waals surface area contributed by atoms with Crippen molar-refractivity contribution in [2.45, 2.75) is 18.3 Å². The van der Waals surface area contributed by atoms with E-state index in [2.05, 4.69) is 6.07 Å². The van der Waals surface area contributed by atoms with E-state index in [9.17, 15) is 10.2 Å². The van der Waals surface area contributed by atoms with Crippen LogP contribution < -0.4 is 0 Å². The van der Waals surface area contributed by atoms with Crippen LogP contribution in [0.5, 0.6) is 5.75 Å². The summed E-state index contributed by atoms with van der Waals surface area (Å²) in [5.41, 5.74) is 1.20. The Balaban J connectivity index is 2.26. The van der Waals surface area contributed by atoms with Crippen LogP contribution in [0.15, 0.2) is 36.4 Å². The van der Waals surface area contributed by atoms with Crippen molar-refractivity contribution < 1.29 is 10.2 Å². The Morgan fingerprint density at radius 2 is 1.94 bits per heavy atom. The summed E-state index contributed by atoms with van der Waals surface area (Å²) in [4.78, 5) is 0. The van der Waals surface area contributed by atoms with Crippen LogP contribution in [0.4, 0.5) is 0 Å². The molecule has 1 aliphatic carbocycles. The third kappa shape index (κ3) is 1.30. The smallest absolute Gasteiger partial charge is 0.116 e. The molecule has 0 unspecified atom stereocenters. The standard InChI is InChI=1S/C14H14O2/c15-9-14(6-7-14)13-3-1-2-10-8-11(16)4-5-12(10)13/h1-5,8,15-16H,6-7,9H2. The van der Waals surface area contributed by atoms with Crippen molar-refractivity contribution in [1.82, 2.24) is 0 Å². The molecule has 0 aliphatic heterocycles. The van der Waals surface area contributed by atoms with Gasteiger partial charge in [-0.2, -0.15) is 0 Å². The van der Waals surface area contributed by atoms with E-state index in [-0.39, 0.29) is 12.0 Å². The van der Waals surface area contributed by atoms with Gasteiger partial charge in [0.15, 0.2) is 0 Å². The normalized spacial score (nSPS) is 17.6. The number of hydrogen-bond donors (Lipinski definition) is 2. The average Bonchev–Trinajstić information content (AvgIpc) is 3.08. The zero-order chi connectivity index (χ0) is 11.2. The fourth-order valence-electron chi connectivity index (χ4n) is 2.40. The first kappa shape index (κ1) is 9.67. The van der Waals surface area contributed by atoms with Gasteiger partial charge in [-0.3, -0.25) is 0 Å². The highest BCUT2D eigenvalue weighted by Crippen LogP contribution is 2.49. The zero-order valence-electron chi connectivity index (χ0n) is 8.98. The first-order valence-electron chi connectivity index (χ1n) is 5.58. The largest absolute Gasteiger partial charge is 0.508 e. The molecule has 0 spiro atoms. The molecule has 0 saturated heterocycles. The predicted octanol–water partition coefficient (Wildman–Crippen LogP) is 2.57. The molecule has 82 valence electrons. The molecule has 3 rings (SSSR count). The van der Waals surface area contributed by atoms with E-state index in [1.807, 2.05) is 18.2 Å². The molecule has 16 heavy (non-hydrogen) atoms. The summed E-state index contributed by atoms with van der Waals surface area (Å²) in [7, 11) is 0. The van der Waals surface area contributed by atoms with Crippen LogP contribution in [0.3, 0.4) is 0 Å². The molecule has 2 heteroatoms. The van der Waals surface area contributed by atoms with Gasteiger partial charge in [0, 0.05) is 5.41 Å². The molecule has 2 N–H and O–H groups in total. The van der Waals surface area contributed by atoms with Gasteiger partial charge in [0.1, 0.15) is 5.75 Å². The number of phenolic OH excluding ortho intramolecular Hbond substituents is 1. The average molecular weight is 214 g/mol. The molecular weight excluding hydrogens is 200 g/mol. The Morgan fingerprint density at radius 1 is 1.12 bits per heavy atom. The number of aliphatic hydroxyl groups is 1. The second-order valence-corrected chi connectivity index (χ2v) is 4.65. The molecule has 1 fully saturated rings. The highest BCUT2D eigenvalue weighted by Gasteiger charge is 2.44. The first-order valence-corrected chi connectivity index (χ1v) is 5.58. The Labute approximate surface area is 94.2 Å². The topological polar surface area (TPSA) is 40.5 Å². The molecule has 2 aromatic rings. The fraction of sp³-hybridized carbons (Fsp3) is 0.286. The lowest BCUT2D eigenvalue weighted by atomic mass is 9.91. The molecule has 1 aliphatic rings. The number of fused-ring (bicyclic) bond motifs is 1. The SMILES string of the molecule is OCC1(c2cccc3cc(O)ccc23)CC1. The van der Waals surface area contributed by atoms with E-state index in [1.54, 1.807) is 12.1 Å². The van der Waals surface area contributed by atoms with Crippen molar-refractivity contribution >= 4 is 10.8 Å². The first-order chi connectivity index (χ1) is 7.75. The minimum absolute atomic E-state index is 0.0174. The van der Waals surface area contributed by atoms with Crippen molar-refractivity contribution in [3.8, 4) is 5.75 Å². The molecule has 0 aromatic heterocycles. The fourth-order valence-corrected chi connectivity index (χ4v) is 2.40. The Kier molecular flexibility index (Phi) is 1.95. The molecule has 0 radical (unpaired) electrons. The van der Waals surface area contributed by atoms with Gasteiger partial charge >= 0.3 is 0 Å². The number of phenols is 1. The minimum atomic E-state index is -0.0174. The van der Waals surface area contributed by atoms with Crippen LogP contribution in [-0.2, 0) is 5.41 Å².